The number of rotatable bonds is 7. The molecule has 0 bridgehead atoms. The molecule has 0 unspecified atom stereocenters. The van der Waals surface area contributed by atoms with Crippen LogP contribution in [0.1, 0.15) is 0 Å². The van der Waals surface area contributed by atoms with Crippen LogP contribution in [-0.4, -0.2) is 4.57 Å². The maximum absolute atomic E-state index is 2.54. The Balaban J connectivity index is 1.14. The molecule has 0 amide bonds. The van der Waals surface area contributed by atoms with Crippen LogP contribution in [0.5, 0.6) is 0 Å². The van der Waals surface area contributed by atoms with E-state index in [1.54, 1.807) is 0 Å². The van der Waals surface area contributed by atoms with Gasteiger partial charge in [-0.15, -0.1) is 11.3 Å². The highest BCUT2D eigenvalue weighted by molar-refractivity contribution is 7.26. The minimum absolute atomic E-state index is 1.12. The van der Waals surface area contributed by atoms with Crippen LogP contribution in [0.25, 0.3) is 91.8 Å². The van der Waals surface area contributed by atoms with Crippen molar-refractivity contribution in [2.45, 2.75) is 0 Å². The Kier molecular flexibility index (Phi) is 8.39. The fourth-order valence-electron chi connectivity index (χ4n) is 9.56. The number of hydrogen-bond acceptors (Lipinski definition) is 2. The standard InChI is InChI=1S/C58H38N2S/c1-3-18-39(19-4-1)44-28-15-20-40-21-16-29-47(57(40)44)45-25-8-13-32-52(45)60(54-33-17-35-56-58(54)48-27-10-14-34-55(48)61-56)50-30-11-7-24-43(50)41-36-37-53-49(38-41)46-26-9-12-31-51(46)59(53)42-22-5-2-6-23-42/h1-38H. The van der Waals surface area contributed by atoms with Gasteiger partial charge in [-0.2, -0.15) is 0 Å². The number of thiophene rings is 1. The normalized spacial score (nSPS) is 11.6. The summed E-state index contributed by atoms with van der Waals surface area (Å²) in [6.07, 6.45) is 0. The fourth-order valence-corrected chi connectivity index (χ4v) is 10.7. The van der Waals surface area contributed by atoms with Gasteiger partial charge in [-0.1, -0.05) is 170 Å². The quantitative estimate of drug-likeness (QED) is 0.156. The van der Waals surface area contributed by atoms with Gasteiger partial charge in [0.25, 0.3) is 0 Å². The summed E-state index contributed by atoms with van der Waals surface area (Å²) in [5.41, 5.74) is 14.1. The van der Waals surface area contributed by atoms with Crippen LogP contribution < -0.4 is 4.90 Å². The molecule has 61 heavy (non-hydrogen) atoms. The van der Waals surface area contributed by atoms with Crippen molar-refractivity contribution in [2.75, 3.05) is 4.90 Å². The maximum Gasteiger partial charge on any atom is 0.0555 e. The van der Waals surface area contributed by atoms with E-state index in [4.69, 9.17) is 0 Å². The number of hydrogen-bond donors (Lipinski definition) is 0. The molecule has 2 heterocycles. The van der Waals surface area contributed by atoms with Crippen molar-refractivity contribution in [3.8, 4) is 39.1 Å². The van der Waals surface area contributed by atoms with Crippen LogP contribution in [0, 0.1) is 0 Å². The van der Waals surface area contributed by atoms with Gasteiger partial charge in [0.2, 0.25) is 0 Å². The Morgan fingerprint density at radius 3 is 1.72 bits per heavy atom. The Labute approximate surface area is 358 Å². The van der Waals surface area contributed by atoms with E-state index in [0.29, 0.717) is 0 Å². The van der Waals surface area contributed by atoms with Crippen LogP contribution in [0.2, 0.25) is 0 Å². The number of nitrogens with zero attached hydrogens (tertiary/aromatic N) is 2. The molecule has 12 rings (SSSR count). The van der Waals surface area contributed by atoms with Gasteiger partial charge in [-0.25, -0.2) is 0 Å². The molecule has 2 nitrogen and oxygen atoms in total. The highest BCUT2D eigenvalue weighted by Crippen LogP contribution is 2.51. The Hall–Kier alpha value is -7.72. The van der Waals surface area contributed by atoms with Gasteiger partial charge in [0.15, 0.2) is 0 Å². The van der Waals surface area contributed by atoms with Crippen LogP contribution >= 0.6 is 11.3 Å². The Bertz CT molecular complexity index is 3590. The topological polar surface area (TPSA) is 8.17 Å². The molecule has 0 aliphatic heterocycles. The third kappa shape index (κ3) is 5.78. The fraction of sp³-hybridized carbons (Fsp3) is 0. The summed E-state index contributed by atoms with van der Waals surface area (Å²) in [7, 11) is 0. The zero-order chi connectivity index (χ0) is 40.3. The molecule has 0 radical (unpaired) electrons. The summed E-state index contributed by atoms with van der Waals surface area (Å²) < 4.78 is 4.94. The van der Waals surface area contributed by atoms with E-state index >= 15 is 0 Å². The zero-order valence-electron chi connectivity index (χ0n) is 33.2. The van der Waals surface area contributed by atoms with Gasteiger partial charge in [0.05, 0.1) is 28.1 Å². The lowest BCUT2D eigenvalue weighted by atomic mass is 9.90. The summed E-state index contributed by atoms with van der Waals surface area (Å²) in [5.74, 6) is 0. The predicted molar refractivity (Wildman–Crippen MR) is 262 cm³/mol. The lowest BCUT2D eigenvalue weighted by Gasteiger charge is -2.31. The second-order valence-corrected chi connectivity index (χ2v) is 16.7. The molecule has 3 heteroatoms. The van der Waals surface area contributed by atoms with Gasteiger partial charge in [0.1, 0.15) is 0 Å². The van der Waals surface area contributed by atoms with Gasteiger partial charge < -0.3 is 9.47 Å². The van der Waals surface area contributed by atoms with E-state index in [1.165, 1.54) is 80.6 Å². The first-order valence-corrected chi connectivity index (χ1v) is 21.7. The first-order valence-electron chi connectivity index (χ1n) is 20.9. The molecule has 286 valence electrons. The second-order valence-electron chi connectivity index (χ2n) is 15.6. The Morgan fingerprint density at radius 1 is 0.328 bits per heavy atom. The van der Waals surface area contributed by atoms with Gasteiger partial charge in [0, 0.05) is 47.8 Å². The molecule has 0 saturated carbocycles. The van der Waals surface area contributed by atoms with E-state index in [9.17, 15) is 0 Å². The molecule has 0 saturated heterocycles. The summed E-state index contributed by atoms with van der Waals surface area (Å²) >= 11 is 1.86. The lowest BCUT2D eigenvalue weighted by Crippen LogP contribution is -2.13. The lowest BCUT2D eigenvalue weighted by molar-refractivity contribution is 1.18. The highest BCUT2D eigenvalue weighted by atomic mass is 32.1. The number of benzene rings is 10. The number of para-hydroxylation sites is 4. The van der Waals surface area contributed by atoms with E-state index in [1.807, 2.05) is 11.3 Å². The van der Waals surface area contributed by atoms with Crippen molar-refractivity contribution in [2.24, 2.45) is 0 Å². The minimum Gasteiger partial charge on any atom is -0.309 e. The molecule has 0 spiro atoms. The largest absolute Gasteiger partial charge is 0.309 e. The van der Waals surface area contributed by atoms with Crippen LogP contribution in [0.3, 0.4) is 0 Å². The van der Waals surface area contributed by atoms with Crippen molar-refractivity contribution < 1.29 is 0 Å². The summed E-state index contributed by atoms with van der Waals surface area (Å²) in [4.78, 5) is 2.54. The third-order valence-electron chi connectivity index (χ3n) is 12.2. The van der Waals surface area contributed by atoms with Crippen molar-refractivity contribution in [3.63, 3.8) is 0 Å². The Morgan fingerprint density at radius 2 is 0.902 bits per heavy atom. The zero-order valence-corrected chi connectivity index (χ0v) is 34.1. The molecule has 0 atom stereocenters. The monoisotopic (exact) mass is 794 g/mol. The average molecular weight is 795 g/mol. The smallest absolute Gasteiger partial charge is 0.0555 e. The third-order valence-corrected chi connectivity index (χ3v) is 13.3. The molecule has 2 aromatic heterocycles. The van der Waals surface area contributed by atoms with Crippen molar-refractivity contribution in [3.05, 3.63) is 231 Å². The molecule has 0 aliphatic carbocycles. The van der Waals surface area contributed by atoms with Crippen LogP contribution in [0.4, 0.5) is 17.1 Å². The number of aromatic nitrogens is 1. The number of anilines is 3. The van der Waals surface area contributed by atoms with Crippen molar-refractivity contribution in [1.82, 2.24) is 4.57 Å². The van der Waals surface area contributed by atoms with E-state index in [0.717, 1.165) is 28.3 Å². The first kappa shape index (κ1) is 35.2. The van der Waals surface area contributed by atoms with Gasteiger partial charge >= 0.3 is 0 Å². The summed E-state index contributed by atoms with van der Waals surface area (Å²) in [5, 5.41) is 7.46. The minimum atomic E-state index is 1.12. The SMILES string of the molecule is c1ccc(-c2cccc3cccc(-c4ccccc4N(c4ccccc4-c4ccc5c(c4)c4ccccc4n5-c4ccccc4)c4cccc5sc6ccccc6c45)c23)cc1. The molecule has 0 N–H and O–H groups in total. The highest BCUT2D eigenvalue weighted by Gasteiger charge is 2.25. The molecular weight excluding hydrogens is 757 g/mol. The van der Waals surface area contributed by atoms with Gasteiger partial charge in [-0.05, 0) is 93.7 Å². The summed E-state index contributed by atoms with van der Waals surface area (Å²) in [6.45, 7) is 0. The molecule has 0 fully saturated rings. The molecule has 12 aromatic rings. The maximum atomic E-state index is 2.54. The van der Waals surface area contributed by atoms with Gasteiger partial charge in [-0.3, -0.25) is 0 Å². The van der Waals surface area contributed by atoms with Crippen LogP contribution in [-0.2, 0) is 0 Å². The average Bonchev–Trinajstić information content (AvgIpc) is 3.88. The summed E-state index contributed by atoms with van der Waals surface area (Å²) in [6, 6.07) is 84.3. The van der Waals surface area contributed by atoms with E-state index in [-0.39, 0.29) is 0 Å². The molecule has 0 aliphatic rings. The first-order chi connectivity index (χ1) is 30.3. The van der Waals surface area contributed by atoms with E-state index < -0.39 is 0 Å². The predicted octanol–water partition coefficient (Wildman–Crippen LogP) is 16.8. The second kappa shape index (κ2) is 14.5. The van der Waals surface area contributed by atoms with E-state index in [2.05, 4.69) is 240 Å². The molecule has 10 aromatic carbocycles. The molecular formula is C58H38N2S. The van der Waals surface area contributed by atoms with Crippen molar-refractivity contribution >= 4 is 81.1 Å². The number of fused-ring (bicyclic) bond motifs is 7. The van der Waals surface area contributed by atoms with Crippen molar-refractivity contribution in [1.29, 1.82) is 0 Å². The van der Waals surface area contributed by atoms with Crippen LogP contribution in [0.15, 0.2) is 231 Å².